The molecule has 2 aromatic carbocycles. The van der Waals surface area contributed by atoms with Crippen molar-refractivity contribution in [3.63, 3.8) is 0 Å². The molecule has 1 amide bonds. The number of sulfonamides is 1. The Balaban J connectivity index is 1.35. The zero-order valence-electron chi connectivity index (χ0n) is 20.3. The van der Waals surface area contributed by atoms with E-state index in [0.29, 0.717) is 13.1 Å². The molecule has 1 aliphatic carbocycles. The van der Waals surface area contributed by atoms with Gasteiger partial charge in [-0.3, -0.25) is 9.69 Å². The number of nitrogens with zero attached hydrogens (tertiary/aromatic N) is 2. The average Bonchev–Trinajstić information content (AvgIpc) is 3.31. The third-order valence-electron chi connectivity index (χ3n) is 7.06. The molecular weight excluding hydrogens is 462 g/mol. The van der Waals surface area contributed by atoms with Crippen molar-refractivity contribution >= 4 is 15.9 Å². The molecule has 0 radical (unpaired) electrons. The number of carbonyl (C=O) groups is 1. The standard InChI is InChI=1S/C27H37N3O4S/c31-25(20-29-17-16-24(19-29)28-27(32)23-12-6-2-7-13-23)21-30(18-22-10-4-1-5-11-22)35(33,34)26-14-8-3-9-15-26/h1,3-5,8-11,14-15,23-25,31H,2,6-7,12-13,16-21H2,(H,28,32). The summed E-state index contributed by atoms with van der Waals surface area (Å²) in [6.07, 6.45) is 5.45. The number of benzene rings is 2. The molecule has 0 spiro atoms. The predicted molar refractivity (Wildman–Crippen MR) is 136 cm³/mol. The largest absolute Gasteiger partial charge is 0.390 e. The molecule has 2 N–H and O–H groups in total. The number of hydrogen-bond acceptors (Lipinski definition) is 5. The third-order valence-corrected chi connectivity index (χ3v) is 8.89. The summed E-state index contributed by atoms with van der Waals surface area (Å²) >= 11 is 0. The zero-order chi connectivity index (χ0) is 24.7. The number of aliphatic hydroxyl groups excluding tert-OH is 1. The lowest BCUT2D eigenvalue weighted by molar-refractivity contribution is -0.126. The fraction of sp³-hybridized carbons (Fsp3) is 0.519. The summed E-state index contributed by atoms with van der Waals surface area (Å²) in [5, 5.41) is 14.1. The van der Waals surface area contributed by atoms with Gasteiger partial charge in [-0.05, 0) is 37.0 Å². The molecule has 0 bridgehead atoms. The predicted octanol–water partition coefficient (Wildman–Crippen LogP) is 3.01. The molecule has 7 nitrogen and oxygen atoms in total. The van der Waals surface area contributed by atoms with Crippen LogP contribution in [0.15, 0.2) is 65.6 Å². The van der Waals surface area contributed by atoms with Gasteiger partial charge in [0.1, 0.15) is 0 Å². The summed E-state index contributed by atoms with van der Waals surface area (Å²) in [4.78, 5) is 14.9. The highest BCUT2D eigenvalue weighted by Crippen LogP contribution is 2.24. The number of carbonyl (C=O) groups excluding carboxylic acids is 1. The van der Waals surface area contributed by atoms with Gasteiger partial charge in [0.2, 0.25) is 15.9 Å². The summed E-state index contributed by atoms with van der Waals surface area (Å²) in [7, 11) is -3.77. The number of likely N-dealkylation sites (tertiary alicyclic amines) is 1. The highest BCUT2D eigenvalue weighted by Gasteiger charge is 2.31. The molecular formula is C27H37N3O4S. The van der Waals surface area contributed by atoms with Gasteiger partial charge in [-0.1, -0.05) is 67.8 Å². The van der Waals surface area contributed by atoms with Crippen LogP contribution in [0.25, 0.3) is 0 Å². The Morgan fingerprint density at radius 3 is 2.34 bits per heavy atom. The van der Waals surface area contributed by atoms with Gasteiger partial charge in [-0.15, -0.1) is 0 Å². The Morgan fingerprint density at radius 2 is 1.66 bits per heavy atom. The number of hydrogen-bond donors (Lipinski definition) is 2. The Kier molecular flexibility index (Phi) is 8.94. The lowest BCUT2D eigenvalue weighted by Gasteiger charge is -2.27. The number of nitrogens with one attached hydrogen (secondary N) is 1. The topological polar surface area (TPSA) is 90.0 Å². The number of rotatable bonds is 10. The van der Waals surface area contributed by atoms with Crippen LogP contribution in [-0.4, -0.2) is 67.0 Å². The lowest BCUT2D eigenvalue weighted by Crippen LogP contribution is -2.44. The van der Waals surface area contributed by atoms with Crippen LogP contribution in [0.1, 0.15) is 44.1 Å². The van der Waals surface area contributed by atoms with Gasteiger partial charge in [-0.25, -0.2) is 8.42 Å². The van der Waals surface area contributed by atoms with E-state index < -0.39 is 16.1 Å². The minimum atomic E-state index is -3.77. The van der Waals surface area contributed by atoms with Gasteiger partial charge in [0.05, 0.1) is 11.0 Å². The minimum Gasteiger partial charge on any atom is -0.390 e. The van der Waals surface area contributed by atoms with Gasteiger partial charge in [-0.2, -0.15) is 4.31 Å². The third kappa shape index (κ3) is 7.13. The van der Waals surface area contributed by atoms with Gasteiger partial charge in [0.25, 0.3) is 0 Å². The van der Waals surface area contributed by atoms with E-state index in [2.05, 4.69) is 10.2 Å². The first-order valence-corrected chi connectivity index (χ1v) is 14.2. The van der Waals surface area contributed by atoms with Crippen molar-refractivity contribution < 1.29 is 18.3 Å². The molecule has 2 fully saturated rings. The summed E-state index contributed by atoms with van der Waals surface area (Å²) in [5.74, 6) is 0.304. The molecule has 1 aliphatic heterocycles. The fourth-order valence-electron chi connectivity index (χ4n) is 5.17. The van der Waals surface area contributed by atoms with Crippen molar-refractivity contribution in [2.24, 2.45) is 5.92 Å². The Morgan fingerprint density at radius 1 is 1.00 bits per heavy atom. The van der Waals surface area contributed by atoms with Gasteiger partial charge < -0.3 is 10.4 Å². The van der Waals surface area contributed by atoms with Gasteiger partial charge in [0.15, 0.2) is 0 Å². The molecule has 35 heavy (non-hydrogen) atoms. The summed E-state index contributed by atoms with van der Waals surface area (Å²) in [5.41, 5.74) is 0.867. The van der Waals surface area contributed by atoms with Crippen LogP contribution in [0.5, 0.6) is 0 Å². The van der Waals surface area contributed by atoms with Crippen LogP contribution in [0, 0.1) is 5.92 Å². The van der Waals surface area contributed by atoms with Crippen LogP contribution in [0.2, 0.25) is 0 Å². The van der Waals surface area contributed by atoms with E-state index in [9.17, 15) is 18.3 Å². The quantitative estimate of drug-likeness (QED) is 0.525. The van der Waals surface area contributed by atoms with E-state index in [4.69, 9.17) is 0 Å². The maximum Gasteiger partial charge on any atom is 0.243 e. The normalized spacial score (nSPS) is 20.7. The molecule has 4 rings (SSSR count). The molecule has 1 saturated carbocycles. The van der Waals surface area contributed by atoms with Crippen molar-refractivity contribution in [2.45, 2.75) is 62.1 Å². The first-order chi connectivity index (χ1) is 16.9. The Hall–Kier alpha value is -2.26. The van der Waals surface area contributed by atoms with Crippen LogP contribution in [0.4, 0.5) is 0 Å². The summed E-state index contributed by atoms with van der Waals surface area (Å²) < 4.78 is 28.1. The van der Waals surface area contributed by atoms with E-state index in [1.165, 1.54) is 10.7 Å². The SMILES string of the molecule is O=C(NC1CCN(CC(O)CN(Cc2ccccc2)S(=O)(=O)c2ccccc2)C1)C1CCCCC1. The number of β-amino-alcohol motifs (C(OH)–C–C–N with tert-alkyl or cyclic N) is 1. The molecule has 2 aromatic rings. The first-order valence-electron chi connectivity index (χ1n) is 12.7. The van der Waals surface area contributed by atoms with Crippen molar-refractivity contribution in [1.29, 1.82) is 0 Å². The number of amides is 1. The molecule has 1 heterocycles. The molecule has 8 heteroatoms. The first kappa shape index (κ1) is 25.8. The summed E-state index contributed by atoms with van der Waals surface area (Å²) in [6.45, 7) is 2.01. The Bertz CT molecular complexity index is 1040. The highest BCUT2D eigenvalue weighted by atomic mass is 32.2. The monoisotopic (exact) mass is 499 g/mol. The van der Waals surface area contributed by atoms with E-state index in [0.717, 1.165) is 44.2 Å². The molecule has 0 aromatic heterocycles. The van der Waals surface area contributed by atoms with Crippen molar-refractivity contribution in [1.82, 2.24) is 14.5 Å². The van der Waals surface area contributed by atoms with E-state index >= 15 is 0 Å². The molecule has 190 valence electrons. The van der Waals surface area contributed by atoms with E-state index in [1.807, 2.05) is 30.3 Å². The molecule has 1 saturated heterocycles. The van der Waals surface area contributed by atoms with Crippen LogP contribution < -0.4 is 5.32 Å². The second-order valence-electron chi connectivity index (χ2n) is 9.84. The molecule has 2 atom stereocenters. The summed E-state index contributed by atoms with van der Waals surface area (Å²) in [6, 6.07) is 17.9. The molecule has 2 aliphatic rings. The minimum absolute atomic E-state index is 0.00171. The fourth-order valence-corrected chi connectivity index (χ4v) is 6.65. The van der Waals surface area contributed by atoms with Gasteiger partial charge in [0, 0.05) is 44.7 Å². The van der Waals surface area contributed by atoms with Crippen molar-refractivity contribution in [3.8, 4) is 0 Å². The second-order valence-corrected chi connectivity index (χ2v) is 11.8. The highest BCUT2D eigenvalue weighted by molar-refractivity contribution is 7.89. The van der Waals surface area contributed by atoms with Crippen molar-refractivity contribution in [3.05, 3.63) is 66.2 Å². The van der Waals surface area contributed by atoms with Crippen LogP contribution in [-0.2, 0) is 21.4 Å². The van der Waals surface area contributed by atoms with Crippen LogP contribution >= 0.6 is 0 Å². The Labute approximate surface area is 209 Å². The van der Waals surface area contributed by atoms with Crippen molar-refractivity contribution in [2.75, 3.05) is 26.2 Å². The van der Waals surface area contributed by atoms with Gasteiger partial charge >= 0.3 is 0 Å². The second kappa shape index (κ2) is 12.1. The zero-order valence-corrected chi connectivity index (χ0v) is 21.1. The maximum absolute atomic E-state index is 13.4. The number of aliphatic hydroxyl groups is 1. The van der Waals surface area contributed by atoms with E-state index in [1.54, 1.807) is 30.3 Å². The van der Waals surface area contributed by atoms with Crippen LogP contribution in [0.3, 0.4) is 0 Å². The van der Waals surface area contributed by atoms with E-state index in [-0.39, 0.29) is 35.9 Å². The average molecular weight is 500 g/mol. The lowest BCUT2D eigenvalue weighted by atomic mass is 9.88. The smallest absolute Gasteiger partial charge is 0.243 e. The maximum atomic E-state index is 13.4. The molecule has 2 unspecified atom stereocenters.